The van der Waals surface area contributed by atoms with Crippen LogP contribution in [0.4, 0.5) is 0 Å². The lowest BCUT2D eigenvalue weighted by Gasteiger charge is -2.20. The molecule has 0 aromatic carbocycles. The van der Waals surface area contributed by atoms with Crippen LogP contribution in [0.1, 0.15) is 92.9 Å². The highest BCUT2D eigenvalue weighted by Gasteiger charge is 2.13. The van der Waals surface area contributed by atoms with Crippen molar-refractivity contribution < 1.29 is 33.9 Å². The van der Waals surface area contributed by atoms with Crippen molar-refractivity contribution in [3.63, 3.8) is 0 Å². The van der Waals surface area contributed by atoms with Crippen molar-refractivity contribution in [1.82, 2.24) is 0 Å². The van der Waals surface area contributed by atoms with Gasteiger partial charge in [0.25, 0.3) is 0 Å². The molecule has 0 aliphatic rings. The minimum Gasteiger partial charge on any atom is -0.396 e. The average Bonchev–Trinajstić information content (AvgIpc) is 2.79. The number of rotatable bonds is 26. The fraction of sp³-hybridized carbons (Fsp3) is 1.00. The number of unbranched alkanes of at least 4 members (excludes halogenated alkanes) is 9. The van der Waals surface area contributed by atoms with Crippen LogP contribution < -0.4 is 0 Å². The molecule has 0 spiro atoms. The minimum atomic E-state index is -0.684. The SMILES string of the molecule is C.C.CCCCCCCCCCCCOCCOCC(O)COCC(COC)OCC(C)CO. The second kappa shape index (κ2) is 30.8. The summed E-state index contributed by atoms with van der Waals surface area (Å²) in [6, 6.07) is 0. The van der Waals surface area contributed by atoms with Crippen molar-refractivity contribution >= 4 is 0 Å². The van der Waals surface area contributed by atoms with Gasteiger partial charge in [-0.3, -0.25) is 0 Å². The van der Waals surface area contributed by atoms with E-state index < -0.39 is 6.10 Å². The van der Waals surface area contributed by atoms with Crippen molar-refractivity contribution in [2.45, 2.75) is 105 Å². The maximum atomic E-state index is 9.96. The van der Waals surface area contributed by atoms with E-state index >= 15 is 0 Å². The van der Waals surface area contributed by atoms with Gasteiger partial charge in [-0.15, -0.1) is 0 Å². The van der Waals surface area contributed by atoms with Gasteiger partial charge in [0, 0.05) is 26.2 Å². The van der Waals surface area contributed by atoms with E-state index in [9.17, 15) is 5.11 Å². The number of ether oxygens (including phenoxy) is 5. The Morgan fingerprint density at radius 2 is 1.21 bits per heavy atom. The summed E-state index contributed by atoms with van der Waals surface area (Å²) in [6.07, 6.45) is 12.3. The Balaban J connectivity index is -0.00000480. The highest BCUT2D eigenvalue weighted by atomic mass is 16.6. The van der Waals surface area contributed by atoms with Gasteiger partial charge in [0.05, 0.1) is 46.2 Å². The molecule has 2 N–H and O–H groups in total. The molecule has 3 unspecified atom stereocenters. The average molecular weight is 497 g/mol. The largest absolute Gasteiger partial charge is 0.396 e. The van der Waals surface area contributed by atoms with E-state index in [-0.39, 0.29) is 46.7 Å². The summed E-state index contributed by atoms with van der Waals surface area (Å²) < 4.78 is 27.4. The van der Waals surface area contributed by atoms with Gasteiger partial charge in [-0.2, -0.15) is 0 Å². The molecule has 0 aliphatic heterocycles. The standard InChI is InChI=1S/C25H52O7.2CH4/c1-4-5-6-7-8-9-10-11-12-13-14-29-15-16-30-19-24(27)20-31-22-25(21-28-3)32-18-23(2)17-26;;/h23-27H,4-22H2,1-3H3;2*1H4. The first-order valence-electron chi connectivity index (χ1n) is 12.8. The maximum Gasteiger partial charge on any atom is 0.104 e. The van der Waals surface area contributed by atoms with E-state index in [1.807, 2.05) is 6.92 Å². The third kappa shape index (κ3) is 28.0. The molecule has 0 rings (SSSR count). The first kappa shape index (κ1) is 38.3. The summed E-state index contributed by atoms with van der Waals surface area (Å²) in [5, 5.41) is 19.0. The maximum absolute atomic E-state index is 9.96. The number of aliphatic hydroxyl groups excluding tert-OH is 2. The van der Waals surface area contributed by atoms with Crippen molar-refractivity contribution in [1.29, 1.82) is 0 Å². The zero-order valence-electron chi connectivity index (χ0n) is 21.1. The van der Waals surface area contributed by atoms with E-state index in [1.54, 1.807) is 7.11 Å². The van der Waals surface area contributed by atoms with Gasteiger partial charge in [0.15, 0.2) is 0 Å². The number of methoxy groups -OCH3 is 1. The van der Waals surface area contributed by atoms with Crippen LogP contribution in [0.3, 0.4) is 0 Å². The third-order valence-corrected chi connectivity index (χ3v) is 5.22. The Morgan fingerprint density at radius 3 is 1.79 bits per heavy atom. The topological polar surface area (TPSA) is 86.6 Å². The van der Waals surface area contributed by atoms with Crippen LogP contribution in [0.2, 0.25) is 0 Å². The van der Waals surface area contributed by atoms with Gasteiger partial charge in [0.2, 0.25) is 0 Å². The molecule has 0 amide bonds. The second-order valence-electron chi connectivity index (χ2n) is 8.76. The van der Waals surface area contributed by atoms with Gasteiger partial charge in [-0.05, 0) is 6.42 Å². The van der Waals surface area contributed by atoms with Gasteiger partial charge >= 0.3 is 0 Å². The second-order valence-corrected chi connectivity index (χ2v) is 8.76. The Bertz CT molecular complexity index is 358. The Morgan fingerprint density at radius 1 is 0.647 bits per heavy atom. The molecule has 3 atom stereocenters. The molecule has 34 heavy (non-hydrogen) atoms. The van der Waals surface area contributed by atoms with Gasteiger partial charge in [0.1, 0.15) is 12.2 Å². The summed E-state index contributed by atoms with van der Waals surface area (Å²) >= 11 is 0. The molecule has 0 heterocycles. The molecule has 0 fully saturated rings. The summed E-state index contributed by atoms with van der Waals surface area (Å²) in [5.41, 5.74) is 0. The molecule has 0 bridgehead atoms. The predicted octanol–water partition coefficient (Wildman–Crippen LogP) is 5.25. The highest BCUT2D eigenvalue weighted by Crippen LogP contribution is 2.10. The Hall–Kier alpha value is -0.280. The minimum absolute atomic E-state index is 0. The summed E-state index contributed by atoms with van der Waals surface area (Å²) in [6.45, 7) is 7.63. The Kier molecular flexibility index (Phi) is 34.6. The zero-order chi connectivity index (χ0) is 23.7. The quantitative estimate of drug-likeness (QED) is 0.158. The van der Waals surface area contributed by atoms with Gasteiger partial charge < -0.3 is 33.9 Å². The predicted molar refractivity (Wildman–Crippen MR) is 142 cm³/mol. The summed E-state index contributed by atoms with van der Waals surface area (Å²) in [5.74, 6) is 0.0701. The van der Waals surface area contributed by atoms with Crippen LogP contribution in [0, 0.1) is 5.92 Å². The fourth-order valence-corrected chi connectivity index (χ4v) is 3.20. The van der Waals surface area contributed by atoms with E-state index in [0.717, 1.165) is 13.0 Å². The summed E-state index contributed by atoms with van der Waals surface area (Å²) in [4.78, 5) is 0. The molecule has 0 saturated carbocycles. The first-order valence-corrected chi connectivity index (χ1v) is 12.8. The fourth-order valence-electron chi connectivity index (χ4n) is 3.20. The molecule has 0 aliphatic carbocycles. The normalized spacial score (nSPS) is 13.7. The molecular formula is C27H60O7. The highest BCUT2D eigenvalue weighted by molar-refractivity contribution is 4.59. The van der Waals surface area contributed by atoms with E-state index in [0.29, 0.717) is 33.0 Å². The molecule has 0 aromatic heterocycles. The van der Waals surface area contributed by atoms with Crippen LogP contribution in [-0.2, 0) is 23.7 Å². The lowest BCUT2D eigenvalue weighted by atomic mass is 10.1. The summed E-state index contributed by atoms with van der Waals surface area (Å²) in [7, 11) is 1.60. The zero-order valence-corrected chi connectivity index (χ0v) is 21.1. The van der Waals surface area contributed by atoms with Crippen LogP contribution in [-0.4, -0.2) is 89.0 Å². The number of hydrogen-bond donors (Lipinski definition) is 2. The molecule has 0 aromatic rings. The Labute approximate surface area is 211 Å². The van der Waals surface area contributed by atoms with Gasteiger partial charge in [-0.1, -0.05) is 86.5 Å². The van der Waals surface area contributed by atoms with Crippen molar-refractivity contribution in [2.24, 2.45) is 5.92 Å². The molecule has 0 saturated heterocycles. The monoisotopic (exact) mass is 496 g/mol. The molecule has 0 radical (unpaired) electrons. The van der Waals surface area contributed by atoms with Crippen LogP contribution >= 0.6 is 0 Å². The van der Waals surface area contributed by atoms with Crippen LogP contribution in [0.15, 0.2) is 0 Å². The smallest absolute Gasteiger partial charge is 0.104 e. The van der Waals surface area contributed by atoms with Crippen molar-refractivity contribution in [2.75, 3.05) is 66.6 Å². The molecule has 7 heteroatoms. The molecule has 7 nitrogen and oxygen atoms in total. The van der Waals surface area contributed by atoms with E-state index in [1.165, 1.54) is 57.8 Å². The van der Waals surface area contributed by atoms with Crippen molar-refractivity contribution in [3.8, 4) is 0 Å². The first-order chi connectivity index (χ1) is 15.6. The number of hydrogen-bond acceptors (Lipinski definition) is 7. The van der Waals surface area contributed by atoms with Crippen LogP contribution in [0.5, 0.6) is 0 Å². The molecular weight excluding hydrogens is 436 g/mol. The lowest BCUT2D eigenvalue weighted by Crippen LogP contribution is -2.30. The van der Waals surface area contributed by atoms with E-state index in [2.05, 4.69) is 6.92 Å². The third-order valence-electron chi connectivity index (χ3n) is 5.22. The number of aliphatic hydroxyl groups is 2. The van der Waals surface area contributed by atoms with Crippen molar-refractivity contribution in [3.05, 3.63) is 0 Å². The molecule has 210 valence electrons. The van der Waals surface area contributed by atoms with Crippen LogP contribution in [0.25, 0.3) is 0 Å². The lowest BCUT2D eigenvalue weighted by molar-refractivity contribution is -0.0843. The van der Waals surface area contributed by atoms with E-state index in [4.69, 9.17) is 28.8 Å². The van der Waals surface area contributed by atoms with Gasteiger partial charge in [-0.25, -0.2) is 0 Å².